The van der Waals surface area contributed by atoms with E-state index in [1.165, 1.54) is 26.4 Å². The predicted octanol–water partition coefficient (Wildman–Crippen LogP) is 3.56. The summed E-state index contributed by atoms with van der Waals surface area (Å²) in [5.41, 5.74) is 0. The molecule has 0 aliphatic carbocycles. The smallest absolute Gasteiger partial charge is 0.303 e. The number of aliphatic hydroxyl groups excluding tert-OH is 1. The van der Waals surface area contributed by atoms with E-state index < -0.39 is 24.3 Å². The molecule has 0 aromatic heterocycles. The molecule has 4 N–H and O–H groups in total. The first kappa shape index (κ1) is 27.0. The van der Waals surface area contributed by atoms with Crippen LogP contribution in [0.15, 0.2) is 0 Å². The van der Waals surface area contributed by atoms with E-state index in [9.17, 15) is 9.59 Å². The van der Waals surface area contributed by atoms with E-state index in [4.69, 9.17) is 25.2 Å². The van der Waals surface area contributed by atoms with Crippen LogP contribution in [0.5, 0.6) is 0 Å². The van der Waals surface area contributed by atoms with Gasteiger partial charge in [0, 0.05) is 20.0 Å². The number of methoxy groups -OCH3 is 1. The summed E-state index contributed by atoms with van der Waals surface area (Å²) in [5.74, 6) is -1.52. The van der Waals surface area contributed by atoms with E-state index in [1.54, 1.807) is 0 Å². The number of carbonyl (C=O) groups is 2. The Bertz CT molecular complexity index is 314. The maximum Gasteiger partial charge on any atom is 0.303 e. The largest absolute Gasteiger partial charge is 0.481 e. The van der Waals surface area contributed by atoms with Crippen LogP contribution in [0.3, 0.4) is 0 Å². The van der Waals surface area contributed by atoms with Crippen molar-refractivity contribution in [3.8, 4) is 0 Å². The van der Waals surface area contributed by atoms with E-state index in [-0.39, 0.29) is 12.8 Å². The molecule has 0 saturated carbocycles. The molecular weight excluding hydrogens is 340 g/mol. The number of unbranched alkanes of at least 4 members (excludes halogenated alkanes) is 8. The topological polar surface area (TPSA) is 124 Å². The van der Waals surface area contributed by atoms with Gasteiger partial charge in [-0.05, 0) is 19.3 Å². The molecule has 156 valence electrons. The summed E-state index contributed by atoms with van der Waals surface area (Å²) in [4.78, 5) is 20.2. The highest BCUT2D eigenvalue weighted by Crippen LogP contribution is 2.10. The second-order valence-corrected chi connectivity index (χ2v) is 6.45. The number of aliphatic carboxylic acids is 2. The van der Waals surface area contributed by atoms with Gasteiger partial charge in [-0.1, -0.05) is 58.3 Å². The van der Waals surface area contributed by atoms with Gasteiger partial charge in [0.15, 0.2) is 6.29 Å². The number of aliphatic hydroxyl groups is 2. The van der Waals surface area contributed by atoms with Crippen LogP contribution >= 0.6 is 0 Å². The van der Waals surface area contributed by atoms with Gasteiger partial charge in [0.05, 0.1) is 0 Å². The second-order valence-electron chi connectivity index (χ2n) is 6.45. The third-order valence-corrected chi connectivity index (χ3v) is 4.01. The van der Waals surface area contributed by atoms with Crippen molar-refractivity contribution in [1.82, 2.24) is 0 Å². The number of hydrogen-bond donors (Lipinski definition) is 4. The highest BCUT2D eigenvalue weighted by molar-refractivity contribution is 5.66. The summed E-state index contributed by atoms with van der Waals surface area (Å²) < 4.78 is 4.92. The lowest BCUT2D eigenvalue weighted by Gasteiger charge is -2.16. The maximum atomic E-state index is 10.1. The fourth-order valence-corrected chi connectivity index (χ4v) is 2.42. The van der Waals surface area contributed by atoms with Gasteiger partial charge >= 0.3 is 11.9 Å². The lowest BCUT2D eigenvalue weighted by Crippen LogP contribution is -2.27. The average Bonchev–Trinajstić information content (AvgIpc) is 2.57. The Hall–Kier alpha value is -1.18. The number of carboxylic acids is 2. The van der Waals surface area contributed by atoms with Gasteiger partial charge in [0.1, 0.15) is 6.10 Å². The fraction of sp³-hybridized carbons (Fsp3) is 0.895. The first-order valence-corrected chi connectivity index (χ1v) is 9.67. The van der Waals surface area contributed by atoms with Gasteiger partial charge in [-0.3, -0.25) is 9.59 Å². The summed E-state index contributed by atoms with van der Waals surface area (Å²) in [6.45, 7) is 2.18. The number of ether oxygens (including phenoxy) is 1. The minimum atomic E-state index is -1.34. The normalized spacial score (nSPS) is 11.7. The van der Waals surface area contributed by atoms with Crippen molar-refractivity contribution in [3.05, 3.63) is 0 Å². The quantitative estimate of drug-likeness (QED) is 0.239. The second kappa shape index (κ2) is 20.1. The molecule has 7 heteroatoms. The Morgan fingerprint density at radius 3 is 1.58 bits per heavy atom. The Labute approximate surface area is 157 Å². The molecule has 1 atom stereocenters. The van der Waals surface area contributed by atoms with E-state index in [2.05, 4.69) is 6.92 Å². The van der Waals surface area contributed by atoms with Crippen LogP contribution in [0.4, 0.5) is 0 Å². The van der Waals surface area contributed by atoms with Crippen LogP contribution in [-0.2, 0) is 14.3 Å². The predicted molar refractivity (Wildman–Crippen MR) is 100.0 cm³/mol. The molecule has 1 unspecified atom stereocenters. The lowest BCUT2D eigenvalue weighted by molar-refractivity contribution is -0.138. The summed E-state index contributed by atoms with van der Waals surface area (Å²) in [6.07, 6.45) is 9.40. The molecule has 0 radical (unpaired) electrons. The highest BCUT2D eigenvalue weighted by Gasteiger charge is 2.14. The van der Waals surface area contributed by atoms with Gasteiger partial charge in [-0.2, -0.15) is 0 Å². The van der Waals surface area contributed by atoms with Gasteiger partial charge in [0.25, 0.3) is 0 Å². The van der Waals surface area contributed by atoms with Crippen LogP contribution in [0.25, 0.3) is 0 Å². The van der Waals surface area contributed by atoms with E-state index >= 15 is 0 Å². The zero-order chi connectivity index (χ0) is 20.2. The standard InChI is InChI=1S/C10H22O3.C9H16O4/c1-3-4-5-6-7-8-9(13-2)10(11)12;10-8(11)6-4-2-1-3-5-7-9(12)13/h9-12H,3-8H2,1-2H3;1-7H2,(H,10,11)(H,12,13). The summed E-state index contributed by atoms with van der Waals surface area (Å²) in [6, 6.07) is 0. The molecule has 0 heterocycles. The molecule has 0 aromatic rings. The molecule has 0 fully saturated rings. The molecule has 0 amide bonds. The zero-order valence-corrected chi connectivity index (χ0v) is 16.4. The van der Waals surface area contributed by atoms with E-state index in [0.717, 1.165) is 38.5 Å². The summed E-state index contributed by atoms with van der Waals surface area (Å²) >= 11 is 0. The molecule has 26 heavy (non-hydrogen) atoms. The molecule has 0 saturated heterocycles. The van der Waals surface area contributed by atoms with Crippen LogP contribution in [0.2, 0.25) is 0 Å². The van der Waals surface area contributed by atoms with Crippen LogP contribution in [-0.4, -0.2) is 51.9 Å². The van der Waals surface area contributed by atoms with Gasteiger partial charge in [-0.25, -0.2) is 0 Å². The van der Waals surface area contributed by atoms with Gasteiger partial charge in [0.2, 0.25) is 0 Å². The van der Waals surface area contributed by atoms with Crippen LogP contribution in [0.1, 0.15) is 90.4 Å². The molecule has 0 spiro atoms. The zero-order valence-electron chi connectivity index (χ0n) is 16.4. The van der Waals surface area contributed by atoms with Crippen molar-refractivity contribution in [2.24, 2.45) is 0 Å². The summed E-state index contributed by atoms with van der Waals surface area (Å²) in [5, 5.41) is 34.3. The Kier molecular flexibility index (Phi) is 20.9. The Morgan fingerprint density at radius 1 is 0.769 bits per heavy atom. The van der Waals surface area contributed by atoms with Crippen molar-refractivity contribution in [3.63, 3.8) is 0 Å². The first-order valence-electron chi connectivity index (χ1n) is 9.67. The first-order chi connectivity index (χ1) is 12.3. The third-order valence-electron chi connectivity index (χ3n) is 4.01. The third kappa shape index (κ3) is 22.8. The van der Waals surface area contributed by atoms with Crippen molar-refractivity contribution < 1.29 is 34.8 Å². The van der Waals surface area contributed by atoms with E-state index in [1.807, 2.05) is 0 Å². The number of hydrogen-bond acceptors (Lipinski definition) is 5. The van der Waals surface area contributed by atoms with Crippen molar-refractivity contribution in [2.75, 3.05) is 7.11 Å². The summed E-state index contributed by atoms with van der Waals surface area (Å²) in [7, 11) is 1.51. The molecule has 0 bridgehead atoms. The number of carboxylic acid groups (broad SMARTS) is 2. The highest BCUT2D eigenvalue weighted by atomic mass is 16.5. The minimum absolute atomic E-state index is 0.221. The molecule has 7 nitrogen and oxygen atoms in total. The molecular formula is C19H38O7. The Balaban J connectivity index is 0. The van der Waals surface area contributed by atoms with Crippen molar-refractivity contribution in [1.29, 1.82) is 0 Å². The number of rotatable bonds is 16. The molecule has 0 aliphatic rings. The minimum Gasteiger partial charge on any atom is -0.481 e. The molecule has 0 aromatic carbocycles. The average molecular weight is 379 g/mol. The monoisotopic (exact) mass is 378 g/mol. The fourth-order valence-electron chi connectivity index (χ4n) is 2.42. The van der Waals surface area contributed by atoms with Crippen molar-refractivity contribution in [2.45, 2.75) is 103 Å². The van der Waals surface area contributed by atoms with Crippen LogP contribution in [0, 0.1) is 0 Å². The van der Waals surface area contributed by atoms with Gasteiger partial charge in [-0.15, -0.1) is 0 Å². The van der Waals surface area contributed by atoms with Crippen molar-refractivity contribution >= 4 is 11.9 Å². The maximum absolute atomic E-state index is 10.1. The molecule has 0 aliphatic heterocycles. The van der Waals surface area contributed by atoms with Crippen LogP contribution < -0.4 is 0 Å². The Morgan fingerprint density at radius 2 is 1.19 bits per heavy atom. The van der Waals surface area contributed by atoms with E-state index in [0.29, 0.717) is 12.8 Å². The molecule has 0 rings (SSSR count). The van der Waals surface area contributed by atoms with Gasteiger partial charge < -0.3 is 25.2 Å². The SMILES string of the molecule is CCCCCCCC(OC)C(O)O.O=C(O)CCCCCCCC(=O)O. The lowest BCUT2D eigenvalue weighted by atomic mass is 10.1.